The van der Waals surface area contributed by atoms with Gasteiger partial charge in [-0.25, -0.2) is 9.78 Å². The van der Waals surface area contributed by atoms with Crippen molar-refractivity contribution >= 4 is 28.7 Å². The molecule has 5 rings (SSSR count). The van der Waals surface area contributed by atoms with Gasteiger partial charge in [0.15, 0.2) is 0 Å². The predicted octanol–water partition coefficient (Wildman–Crippen LogP) is 2.41. The molecule has 8 nitrogen and oxygen atoms in total. The van der Waals surface area contributed by atoms with Gasteiger partial charge >= 0.3 is 6.03 Å². The van der Waals surface area contributed by atoms with E-state index in [1.165, 1.54) is 4.90 Å². The molecule has 0 N–H and O–H groups in total. The maximum Gasteiger partial charge on any atom is 0.327 e. The monoisotopic (exact) mass is 415 g/mol. The molecule has 0 aliphatic carbocycles. The van der Waals surface area contributed by atoms with Gasteiger partial charge in [0.05, 0.1) is 23.3 Å². The molecule has 1 atom stereocenters. The molecule has 0 spiro atoms. The van der Waals surface area contributed by atoms with Crippen molar-refractivity contribution in [2.45, 2.75) is 13.0 Å². The number of pyridine rings is 2. The average molecular weight is 415 g/mol. The van der Waals surface area contributed by atoms with Crippen LogP contribution in [-0.2, 0) is 4.79 Å². The summed E-state index contributed by atoms with van der Waals surface area (Å²) in [5.41, 5.74) is 2.82. The Kier molecular flexibility index (Phi) is 4.62. The minimum Gasteiger partial charge on any atom is -0.334 e. The van der Waals surface area contributed by atoms with E-state index in [0.717, 1.165) is 16.5 Å². The van der Waals surface area contributed by atoms with Crippen molar-refractivity contribution in [2.75, 3.05) is 26.2 Å². The fraction of sp³-hybridized carbons (Fsp3) is 0.261. The quantitative estimate of drug-likeness (QED) is 0.613. The molecular formula is C23H21N5O3. The molecule has 4 amide bonds. The van der Waals surface area contributed by atoms with E-state index in [1.54, 1.807) is 35.2 Å². The average Bonchev–Trinajstić information content (AvgIpc) is 3.07. The number of para-hydroxylation sites is 1. The maximum absolute atomic E-state index is 13.6. The van der Waals surface area contributed by atoms with Crippen LogP contribution in [0.4, 0.5) is 4.79 Å². The van der Waals surface area contributed by atoms with Crippen molar-refractivity contribution in [3.8, 4) is 11.3 Å². The number of imide groups is 1. The summed E-state index contributed by atoms with van der Waals surface area (Å²) in [6.07, 6.45) is 3.38. The van der Waals surface area contributed by atoms with Crippen molar-refractivity contribution in [1.29, 1.82) is 0 Å². The Morgan fingerprint density at radius 2 is 1.87 bits per heavy atom. The van der Waals surface area contributed by atoms with Crippen molar-refractivity contribution in [3.63, 3.8) is 0 Å². The standard InChI is InChI=1S/C23H21N5O3/c1-2-27-22(30)20-14-26(11-12-28(20)23(27)31)21(29)17-13-19(15-7-9-24-10-8-15)25-18-6-4-3-5-16(17)18/h3-10,13,20H,2,11-12,14H2,1H3/t20-/m0/s1. The number of urea groups is 1. The van der Waals surface area contributed by atoms with Gasteiger partial charge in [0.25, 0.3) is 11.8 Å². The molecule has 2 aromatic heterocycles. The minimum absolute atomic E-state index is 0.163. The number of amides is 4. The lowest BCUT2D eigenvalue weighted by Gasteiger charge is -2.35. The molecule has 0 bridgehead atoms. The highest BCUT2D eigenvalue weighted by molar-refractivity contribution is 6.08. The zero-order valence-corrected chi connectivity index (χ0v) is 17.1. The number of nitrogens with zero attached hydrogens (tertiary/aromatic N) is 5. The number of carbonyl (C=O) groups excluding carboxylic acids is 3. The van der Waals surface area contributed by atoms with Gasteiger partial charge < -0.3 is 9.80 Å². The Balaban J connectivity index is 1.52. The lowest BCUT2D eigenvalue weighted by atomic mass is 10.0. The van der Waals surface area contributed by atoms with Crippen LogP contribution < -0.4 is 0 Å². The van der Waals surface area contributed by atoms with E-state index in [0.29, 0.717) is 30.9 Å². The van der Waals surface area contributed by atoms with Gasteiger partial charge in [0, 0.05) is 43.0 Å². The second kappa shape index (κ2) is 7.46. The molecular weight excluding hydrogens is 394 g/mol. The number of fused-ring (bicyclic) bond motifs is 2. The minimum atomic E-state index is -0.613. The summed E-state index contributed by atoms with van der Waals surface area (Å²) in [7, 11) is 0. The lowest BCUT2D eigenvalue weighted by molar-refractivity contribution is -0.129. The highest BCUT2D eigenvalue weighted by Crippen LogP contribution is 2.28. The van der Waals surface area contributed by atoms with Crippen LogP contribution in [0.15, 0.2) is 54.9 Å². The second-order valence-electron chi connectivity index (χ2n) is 7.63. The van der Waals surface area contributed by atoms with E-state index in [4.69, 9.17) is 4.98 Å². The van der Waals surface area contributed by atoms with E-state index in [-0.39, 0.29) is 24.4 Å². The van der Waals surface area contributed by atoms with Gasteiger partial charge in [0.1, 0.15) is 6.04 Å². The van der Waals surface area contributed by atoms with Crippen LogP contribution in [0.1, 0.15) is 17.3 Å². The van der Waals surface area contributed by atoms with Crippen LogP contribution in [0.2, 0.25) is 0 Å². The van der Waals surface area contributed by atoms with E-state index in [1.807, 2.05) is 36.4 Å². The van der Waals surface area contributed by atoms with Crippen molar-refractivity contribution in [2.24, 2.45) is 0 Å². The molecule has 1 aromatic carbocycles. The molecule has 2 aliphatic heterocycles. The summed E-state index contributed by atoms with van der Waals surface area (Å²) in [4.78, 5) is 51.9. The molecule has 2 saturated heterocycles. The predicted molar refractivity (Wildman–Crippen MR) is 114 cm³/mol. The third kappa shape index (κ3) is 3.11. The molecule has 0 saturated carbocycles. The lowest BCUT2D eigenvalue weighted by Crippen LogP contribution is -2.54. The van der Waals surface area contributed by atoms with Crippen molar-refractivity contribution < 1.29 is 14.4 Å². The SMILES string of the molecule is CCN1C(=O)[C@@H]2CN(C(=O)c3cc(-c4ccncc4)nc4ccccc34)CCN2C1=O. The zero-order valence-electron chi connectivity index (χ0n) is 17.1. The Morgan fingerprint density at radius 1 is 1.10 bits per heavy atom. The first-order valence-corrected chi connectivity index (χ1v) is 10.3. The second-order valence-corrected chi connectivity index (χ2v) is 7.63. The number of hydrogen-bond acceptors (Lipinski definition) is 5. The Hall–Kier alpha value is -3.81. The summed E-state index contributed by atoms with van der Waals surface area (Å²) in [5.74, 6) is -0.397. The molecule has 2 fully saturated rings. The molecule has 4 heterocycles. The van der Waals surface area contributed by atoms with Crippen LogP contribution in [-0.4, -0.2) is 74.7 Å². The third-order valence-electron chi connectivity index (χ3n) is 5.93. The Bertz CT molecular complexity index is 1200. The molecule has 156 valence electrons. The van der Waals surface area contributed by atoms with Crippen LogP contribution in [0.3, 0.4) is 0 Å². The first-order valence-electron chi connectivity index (χ1n) is 10.3. The number of piperazine rings is 1. The first-order chi connectivity index (χ1) is 15.1. The fourth-order valence-electron chi connectivity index (χ4n) is 4.32. The largest absolute Gasteiger partial charge is 0.334 e. The number of aromatic nitrogens is 2. The Labute approximate surface area is 179 Å². The molecule has 0 unspecified atom stereocenters. The highest BCUT2D eigenvalue weighted by Gasteiger charge is 2.47. The summed E-state index contributed by atoms with van der Waals surface area (Å²) in [6.45, 7) is 3.04. The number of likely N-dealkylation sites (N-methyl/N-ethyl adjacent to an activating group) is 1. The van der Waals surface area contributed by atoms with Gasteiger partial charge in [-0.1, -0.05) is 18.2 Å². The topological polar surface area (TPSA) is 86.7 Å². The van der Waals surface area contributed by atoms with Gasteiger partial charge in [-0.05, 0) is 31.2 Å². The third-order valence-corrected chi connectivity index (χ3v) is 5.93. The summed E-state index contributed by atoms with van der Waals surface area (Å²) in [6, 6.07) is 12.2. The van der Waals surface area contributed by atoms with E-state index < -0.39 is 6.04 Å². The van der Waals surface area contributed by atoms with Gasteiger partial charge in [0.2, 0.25) is 0 Å². The summed E-state index contributed by atoms with van der Waals surface area (Å²) >= 11 is 0. The van der Waals surface area contributed by atoms with Gasteiger partial charge in [-0.3, -0.25) is 19.5 Å². The van der Waals surface area contributed by atoms with Gasteiger partial charge in [-0.2, -0.15) is 0 Å². The smallest absolute Gasteiger partial charge is 0.327 e. The zero-order chi connectivity index (χ0) is 21.5. The normalized spacial score (nSPS) is 18.6. The Morgan fingerprint density at radius 3 is 2.65 bits per heavy atom. The van der Waals surface area contributed by atoms with Crippen LogP contribution in [0, 0.1) is 0 Å². The number of carbonyl (C=O) groups is 3. The molecule has 0 radical (unpaired) electrons. The van der Waals surface area contributed by atoms with E-state index in [2.05, 4.69) is 4.98 Å². The molecule has 3 aromatic rings. The van der Waals surface area contributed by atoms with Gasteiger partial charge in [-0.15, -0.1) is 0 Å². The number of benzene rings is 1. The molecule has 31 heavy (non-hydrogen) atoms. The first kappa shape index (κ1) is 19.2. The fourth-order valence-corrected chi connectivity index (χ4v) is 4.32. The number of rotatable bonds is 3. The summed E-state index contributed by atoms with van der Waals surface area (Å²) in [5, 5.41) is 0.761. The van der Waals surface area contributed by atoms with Crippen molar-refractivity contribution in [1.82, 2.24) is 24.7 Å². The van der Waals surface area contributed by atoms with Crippen LogP contribution in [0.25, 0.3) is 22.2 Å². The number of hydrogen-bond donors (Lipinski definition) is 0. The van der Waals surface area contributed by atoms with E-state index in [9.17, 15) is 14.4 Å². The van der Waals surface area contributed by atoms with Crippen molar-refractivity contribution in [3.05, 3.63) is 60.4 Å². The van der Waals surface area contributed by atoms with E-state index >= 15 is 0 Å². The van der Waals surface area contributed by atoms with Crippen LogP contribution in [0.5, 0.6) is 0 Å². The molecule has 2 aliphatic rings. The molecule has 8 heteroatoms. The van der Waals surface area contributed by atoms with Crippen LogP contribution >= 0.6 is 0 Å². The summed E-state index contributed by atoms with van der Waals surface area (Å²) < 4.78 is 0. The highest BCUT2D eigenvalue weighted by atomic mass is 16.2. The maximum atomic E-state index is 13.6.